The number of hydrogen-bond donors (Lipinski definition) is 0. The van der Waals surface area contributed by atoms with Crippen LogP contribution in [0.25, 0.3) is 20.7 Å². The van der Waals surface area contributed by atoms with Crippen molar-refractivity contribution in [2.24, 2.45) is 0 Å². The fourth-order valence-corrected chi connectivity index (χ4v) is 4.65. The molecule has 0 radical (unpaired) electrons. The van der Waals surface area contributed by atoms with Gasteiger partial charge in [0.05, 0.1) is 22.0 Å². The van der Waals surface area contributed by atoms with Gasteiger partial charge in [-0.05, 0) is 29.8 Å². The third-order valence-electron chi connectivity index (χ3n) is 5.06. The van der Waals surface area contributed by atoms with Gasteiger partial charge in [-0.25, -0.2) is 14.4 Å². The lowest BCUT2D eigenvalue weighted by molar-refractivity contribution is 0.0746. The van der Waals surface area contributed by atoms with Crippen molar-refractivity contribution in [3.05, 3.63) is 66.6 Å². The fourth-order valence-electron chi connectivity index (χ4n) is 3.51. The molecule has 146 valence electrons. The van der Waals surface area contributed by atoms with Crippen LogP contribution < -0.4 is 4.90 Å². The van der Waals surface area contributed by atoms with Crippen LogP contribution in [0.15, 0.2) is 59.7 Å². The van der Waals surface area contributed by atoms with E-state index < -0.39 is 0 Å². The van der Waals surface area contributed by atoms with Crippen molar-refractivity contribution in [1.29, 1.82) is 0 Å². The molecule has 1 aliphatic heterocycles. The molecule has 1 fully saturated rings. The SMILES string of the molecule is O=C(c1ccoc1)N1CCN(c2ncnc3cc(-c4ccc(F)cc4)sc23)CC1. The topological polar surface area (TPSA) is 62.5 Å². The molecule has 3 aromatic heterocycles. The molecule has 1 amide bonds. The zero-order chi connectivity index (χ0) is 19.8. The highest BCUT2D eigenvalue weighted by atomic mass is 32.1. The number of benzene rings is 1. The molecule has 0 atom stereocenters. The van der Waals surface area contributed by atoms with Gasteiger partial charge in [0.2, 0.25) is 0 Å². The maximum atomic E-state index is 13.2. The Balaban J connectivity index is 1.38. The molecule has 1 aromatic carbocycles. The summed E-state index contributed by atoms with van der Waals surface area (Å²) in [7, 11) is 0. The molecule has 4 heterocycles. The van der Waals surface area contributed by atoms with E-state index in [0.29, 0.717) is 31.7 Å². The number of carbonyl (C=O) groups is 1. The van der Waals surface area contributed by atoms with E-state index >= 15 is 0 Å². The number of aromatic nitrogens is 2. The Morgan fingerprint density at radius 1 is 1.07 bits per heavy atom. The van der Waals surface area contributed by atoms with E-state index in [1.165, 1.54) is 24.7 Å². The van der Waals surface area contributed by atoms with Crippen molar-refractivity contribution >= 4 is 33.3 Å². The summed E-state index contributed by atoms with van der Waals surface area (Å²) in [5.74, 6) is 0.614. The molecule has 8 heteroatoms. The Labute approximate surface area is 170 Å². The number of nitrogens with zero attached hydrogens (tertiary/aromatic N) is 4. The molecule has 0 unspecified atom stereocenters. The standard InChI is InChI=1S/C21H17FN4O2S/c22-16-3-1-14(2-4-16)18-11-17-19(29-18)20(24-13-23-17)25-6-8-26(9-7-25)21(27)15-5-10-28-12-15/h1-5,10-13H,6-9H2. The number of halogens is 1. The molecule has 0 saturated carbocycles. The maximum Gasteiger partial charge on any atom is 0.257 e. The predicted octanol–water partition coefficient (Wildman–Crippen LogP) is 4.05. The van der Waals surface area contributed by atoms with E-state index in [1.807, 2.05) is 11.0 Å². The molecule has 1 aliphatic rings. The number of furan rings is 1. The molecule has 1 saturated heterocycles. The number of thiophene rings is 1. The number of hydrogen-bond acceptors (Lipinski definition) is 6. The van der Waals surface area contributed by atoms with Crippen LogP contribution in [0, 0.1) is 5.82 Å². The third-order valence-corrected chi connectivity index (χ3v) is 6.22. The first-order valence-electron chi connectivity index (χ1n) is 9.26. The minimum absolute atomic E-state index is 0.0130. The molecule has 0 bridgehead atoms. The Morgan fingerprint density at radius 3 is 2.59 bits per heavy atom. The number of rotatable bonds is 3. The first-order valence-corrected chi connectivity index (χ1v) is 10.1. The summed E-state index contributed by atoms with van der Waals surface area (Å²) in [5.41, 5.74) is 2.40. The van der Waals surface area contributed by atoms with Gasteiger partial charge in [0.1, 0.15) is 24.2 Å². The first kappa shape index (κ1) is 17.8. The molecule has 0 N–H and O–H groups in total. The third kappa shape index (κ3) is 3.36. The average molecular weight is 408 g/mol. The summed E-state index contributed by atoms with van der Waals surface area (Å²) in [4.78, 5) is 26.5. The molecule has 6 nitrogen and oxygen atoms in total. The van der Waals surface area contributed by atoms with Gasteiger partial charge in [0, 0.05) is 31.1 Å². The van der Waals surface area contributed by atoms with Gasteiger partial charge in [-0.3, -0.25) is 4.79 Å². The van der Waals surface area contributed by atoms with Gasteiger partial charge >= 0.3 is 0 Å². The van der Waals surface area contributed by atoms with Crippen molar-refractivity contribution in [2.75, 3.05) is 31.1 Å². The zero-order valence-electron chi connectivity index (χ0n) is 15.4. The Hall–Kier alpha value is -3.26. The maximum absolute atomic E-state index is 13.2. The highest BCUT2D eigenvalue weighted by Crippen LogP contribution is 2.37. The molecule has 0 aliphatic carbocycles. The minimum Gasteiger partial charge on any atom is -0.472 e. The van der Waals surface area contributed by atoms with Crippen LogP contribution in [0.3, 0.4) is 0 Å². The highest BCUT2D eigenvalue weighted by Gasteiger charge is 2.25. The number of carbonyl (C=O) groups excluding carboxylic acids is 1. The highest BCUT2D eigenvalue weighted by molar-refractivity contribution is 7.22. The van der Waals surface area contributed by atoms with Crippen LogP contribution in [0.5, 0.6) is 0 Å². The number of fused-ring (bicyclic) bond motifs is 1. The average Bonchev–Trinajstić information content (AvgIpc) is 3.44. The van der Waals surface area contributed by atoms with Crippen molar-refractivity contribution in [3.63, 3.8) is 0 Å². The molecular weight excluding hydrogens is 391 g/mol. The summed E-state index contributed by atoms with van der Waals surface area (Å²) in [5, 5.41) is 0. The molecule has 4 aromatic rings. The van der Waals surface area contributed by atoms with E-state index in [1.54, 1.807) is 35.9 Å². The largest absolute Gasteiger partial charge is 0.472 e. The van der Waals surface area contributed by atoms with E-state index in [2.05, 4.69) is 14.9 Å². The summed E-state index contributed by atoms with van der Waals surface area (Å²) in [6.07, 6.45) is 4.56. The summed E-state index contributed by atoms with van der Waals surface area (Å²) < 4.78 is 19.3. The number of amides is 1. The quantitative estimate of drug-likeness (QED) is 0.512. The monoisotopic (exact) mass is 408 g/mol. The number of piperazine rings is 1. The van der Waals surface area contributed by atoms with Crippen molar-refractivity contribution in [2.45, 2.75) is 0 Å². The van der Waals surface area contributed by atoms with E-state index in [9.17, 15) is 9.18 Å². The summed E-state index contributed by atoms with van der Waals surface area (Å²) in [6.45, 7) is 2.62. The van der Waals surface area contributed by atoms with Gasteiger partial charge in [0.15, 0.2) is 0 Å². The number of anilines is 1. The molecule has 0 spiro atoms. The van der Waals surface area contributed by atoms with Crippen LogP contribution in [0.4, 0.5) is 10.2 Å². The lowest BCUT2D eigenvalue weighted by Gasteiger charge is -2.35. The van der Waals surface area contributed by atoms with Crippen LogP contribution in [-0.4, -0.2) is 47.0 Å². The molecule has 29 heavy (non-hydrogen) atoms. The second-order valence-electron chi connectivity index (χ2n) is 6.82. The van der Waals surface area contributed by atoms with E-state index in [-0.39, 0.29) is 11.7 Å². The predicted molar refractivity (Wildman–Crippen MR) is 110 cm³/mol. The Morgan fingerprint density at radius 2 is 1.86 bits per heavy atom. The van der Waals surface area contributed by atoms with Crippen molar-refractivity contribution < 1.29 is 13.6 Å². The van der Waals surface area contributed by atoms with Crippen LogP contribution in [0.2, 0.25) is 0 Å². The van der Waals surface area contributed by atoms with Gasteiger partial charge < -0.3 is 14.2 Å². The molecular formula is C21H17FN4O2S. The van der Waals surface area contributed by atoms with Crippen molar-refractivity contribution in [1.82, 2.24) is 14.9 Å². The lowest BCUT2D eigenvalue weighted by Crippen LogP contribution is -2.49. The van der Waals surface area contributed by atoms with Gasteiger partial charge in [-0.1, -0.05) is 12.1 Å². The second-order valence-corrected chi connectivity index (χ2v) is 7.87. The van der Waals surface area contributed by atoms with Gasteiger partial charge in [-0.2, -0.15) is 0 Å². The Bertz CT molecular complexity index is 1150. The van der Waals surface area contributed by atoms with Crippen molar-refractivity contribution in [3.8, 4) is 10.4 Å². The Kier molecular flexibility index (Phi) is 4.48. The summed E-state index contributed by atoms with van der Waals surface area (Å²) >= 11 is 1.60. The first-order chi connectivity index (χ1) is 14.2. The molecule has 5 rings (SSSR count). The van der Waals surface area contributed by atoms with E-state index in [4.69, 9.17) is 4.42 Å². The normalized spacial score (nSPS) is 14.5. The lowest BCUT2D eigenvalue weighted by atomic mass is 10.2. The smallest absolute Gasteiger partial charge is 0.257 e. The zero-order valence-corrected chi connectivity index (χ0v) is 16.2. The van der Waals surface area contributed by atoms with Crippen LogP contribution >= 0.6 is 11.3 Å². The van der Waals surface area contributed by atoms with Crippen LogP contribution in [-0.2, 0) is 0 Å². The second kappa shape index (κ2) is 7.29. The van der Waals surface area contributed by atoms with E-state index in [0.717, 1.165) is 26.5 Å². The summed E-state index contributed by atoms with van der Waals surface area (Å²) in [6, 6.07) is 10.2. The van der Waals surface area contributed by atoms with Gasteiger partial charge in [-0.15, -0.1) is 11.3 Å². The van der Waals surface area contributed by atoms with Gasteiger partial charge in [0.25, 0.3) is 5.91 Å². The van der Waals surface area contributed by atoms with Crippen LogP contribution in [0.1, 0.15) is 10.4 Å². The minimum atomic E-state index is -0.252. The fraction of sp³-hybridized carbons (Fsp3) is 0.190.